The molecule has 1 aliphatic heterocycles. The monoisotopic (exact) mass is 379 g/mol. The summed E-state index contributed by atoms with van der Waals surface area (Å²) in [6, 6.07) is 16.3. The van der Waals surface area contributed by atoms with E-state index in [1.165, 1.54) is 0 Å². The van der Waals surface area contributed by atoms with Crippen LogP contribution in [-0.4, -0.2) is 35.8 Å². The average Bonchev–Trinajstić information content (AvgIpc) is 2.68. The predicted octanol–water partition coefficient (Wildman–Crippen LogP) is 2.77. The molecular formula is C22H25N3O3. The minimum absolute atomic E-state index is 0.0753. The summed E-state index contributed by atoms with van der Waals surface area (Å²) in [5.74, 6) is 0.469. The molecule has 1 amide bonds. The Morgan fingerprint density at radius 2 is 2.00 bits per heavy atom. The largest absolute Gasteiger partial charge is 0.485 e. The summed E-state index contributed by atoms with van der Waals surface area (Å²) in [6.07, 6.45) is -0.913. The van der Waals surface area contributed by atoms with Gasteiger partial charge in [0.15, 0.2) is 0 Å². The molecule has 146 valence electrons. The molecule has 2 aromatic rings. The Bertz CT molecular complexity index is 890. The van der Waals surface area contributed by atoms with E-state index in [1.807, 2.05) is 56.0 Å². The van der Waals surface area contributed by atoms with Gasteiger partial charge in [0.1, 0.15) is 17.5 Å². The van der Waals surface area contributed by atoms with Gasteiger partial charge >= 0.3 is 0 Å². The summed E-state index contributed by atoms with van der Waals surface area (Å²) in [5.41, 5.74) is 1.12. The molecule has 28 heavy (non-hydrogen) atoms. The molecule has 6 heteroatoms. The van der Waals surface area contributed by atoms with Crippen LogP contribution in [0.1, 0.15) is 37.9 Å². The number of hydrogen-bond donors (Lipinski definition) is 2. The van der Waals surface area contributed by atoms with Gasteiger partial charge in [-0.3, -0.25) is 4.79 Å². The third kappa shape index (κ3) is 3.80. The zero-order valence-corrected chi connectivity index (χ0v) is 16.3. The smallest absolute Gasteiger partial charge is 0.239 e. The molecule has 2 N–H and O–H groups in total. The molecule has 0 saturated heterocycles. The zero-order valence-electron chi connectivity index (χ0n) is 16.3. The van der Waals surface area contributed by atoms with Crippen LogP contribution in [0.2, 0.25) is 0 Å². The molecule has 0 bridgehead atoms. The van der Waals surface area contributed by atoms with E-state index in [4.69, 9.17) is 4.74 Å². The van der Waals surface area contributed by atoms with Crippen molar-refractivity contribution in [2.45, 2.75) is 38.5 Å². The maximum absolute atomic E-state index is 12.5. The second kappa shape index (κ2) is 7.91. The van der Waals surface area contributed by atoms with Gasteiger partial charge in [0.25, 0.3) is 0 Å². The molecule has 3 rings (SSSR count). The lowest BCUT2D eigenvalue weighted by molar-refractivity contribution is -0.120. The number of hydrogen-bond acceptors (Lipinski definition) is 5. The van der Waals surface area contributed by atoms with Gasteiger partial charge in [-0.25, -0.2) is 0 Å². The van der Waals surface area contributed by atoms with Gasteiger partial charge in [-0.1, -0.05) is 18.2 Å². The van der Waals surface area contributed by atoms with E-state index in [-0.39, 0.29) is 12.5 Å². The Labute approximate surface area is 165 Å². The number of carbonyl (C=O) groups excluding carboxylic acids is 1. The number of nitriles is 1. The van der Waals surface area contributed by atoms with Crippen LogP contribution in [0.15, 0.2) is 48.5 Å². The quantitative estimate of drug-likeness (QED) is 0.834. The van der Waals surface area contributed by atoms with Crippen LogP contribution in [0.3, 0.4) is 0 Å². The lowest BCUT2D eigenvalue weighted by atomic mass is 9.84. The molecule has 0 aliphatic carbocycles. The Morgan fingerprint density at radius 1 is 1.29 bits per heavy atom. The number of rotatable bonds is 5. The number of amides is 1. The molecule has 0 saturated carbocycles. The molecule has 1 heterocycles. The van der Waals surface area contributed by atoms with Crippen molar-refractivity contribution in [3.05, 3.63) is 59.7 Å². The minimum Gasteiger partial charge on any atom is -0.485 e. The lowest BCUT2D eigenvalue weighted by Crippen LogP contribution is -2.55. The topological polar surface area (TPSA) is 85.6 Å². The fourth-order valence-corrected chi connectivity index (χ4v) is 3.55. The van der Waals surface area contributed by atoms with Crippen molar-refractivity contribution >= 4 is 11.6 Å². The van der Waals surface area contributed by atoms with Gasteiger partial charge in [-0.05, 0) is 51.1 Å². The number of nitrogens with zero attached hydrogens (tertiary/aromatic N) is 2. The predicted molar refractivity (Wildman–Crippen MR) is 107 cm³/mol. The Kier molecular flexibility index (Phi) is 5.57. The molecule has 2 unspecified atom stereocenters. The normalized spacial score (nSPS) is 19.7. The van der Waals surface area contributed by atoms with E-state index in [1.54, 1.807) is 18.2 Å². The maximum Gasteiger partial charge on any atom is 0.239 e. The number of fused-ring (bicyclic) bond motifs is 1. The number of ether oxygens (including phenoxy) is 1. The summed E-state index contributed by atoms with van der Waals surface area (Å²) in [4.78, 5) is 14.3. The lowest BCUT2D eigenvalue weighted by Gasteiger charge is -2.47. The molecule has 2 atom stereocenters. The van der Waals surface area contributed by atoms with Gasteiger partial charge < -0.3 is 20.1 Å². The van der Waals surface area contributed by atoms with Crippen LogP contribution >= 0.6 is 0 Å². The number of aliphatic hydroxyl groups is 1. The van der Waals surface area contributed by atoms with E-state index >= 15 is 0 Å². The minimum atomic E-state index is -0.913. The third-order valence-corrected chi connectivity index (χ3v) is 4.95. The summed E-state index contributed by atoms with van der Waals surface area (Å²) < 4.78 is 6.01. The first-order valence-electron chi connectivity index (χ1n) is 9.37. The fourth-order valence-electron chi connectivity index (χ4n) is 3.55. The molecule has 6 nitrogen and oxygen atoms in total. The summed E-state index contributed by atoms with van der Waals surface area (Å²) in [5, 5.41) is 23.4. The summed E-state index contributed by atoms with van der Waals surface area (Å²) in [7, 11) is 0. The van der Waals surface area contributed by atoms with Crippen LogP contribution in [-0.2, 0) is 4.79 Å². The Morgan fingerprint density at radius 3 is 2.64 bits per heavy atom. The highest BCUT2D eigenvalue weighted by atomic mass is 16.5. The van der Waals surface area contributed by atoms with E-state index in [0.717, 1.165) is 5.69 Å². The first-order valence-corrected chi connectivity index (χ1v) is 9.37. The second-order valence-corrected chi connectivity index (χ2v) is 7.38. The van der Waals surface area contributed by atoms with Crippen molar-refractivity contribution in [1.82, 2.24) is 5.32 Å². The average molecular weight is 379 g/mol. The Balaban J connectivity index is 2.14. The molecule has 0 spiro atoms. The SMILES string of the molecule is CCNC(=O)CN(c1ccccc1)C1c2cc(C#N)ccc2OC(C)(C)C1O. The number of benzene rings is 2. The number of carbonyl (C=O) groups is 1. The van der Waals surface area contributed by atoms with Gasteiger partial charge in [0, 0.05) is 17.8 Å². The number of para-hydroxylation sites is 1. The molecular weight excluding hydrogens is 354 g/mol. The highest BCUT2D eigenvalue weighted by Crippen LogP contribution is 2.44. The van der Waals surface area contributed by atoms with Gasteiger partial charge in [0.05, 0.1) is 24.2 Å². The van der Waals surface area contributed by atoms with Crippen molar-refractivity contribution in [3.63, 3.8) is 0 Å². The van der Waals surface area contributed by atoms with Gasteiger partial charge in [0.2, 0.25) is 5.91 Å². The zero-order chi connectivity index (χ0) is 20.3. The van der Waals surface area contributed by atoms with E-state index in [2.05, 4.69) is 11.4 Å². The van der Waals surface area contributed by atoms with Crippen molar-refractivity contribution in [2.24, 2.45) is 0 Å². The number of likely N-dealkylation sites (N-methyl/N-ethyl adjacent to an activating group) is 1. The maximum atomic E-state index is 12.5. The van der Waals surface area contributed by atoms with Crippen molar-refractivity contribution in [3.8, 4) is 11.8 Å². The van der Waals surface area contributed by atoms with Crippen LogP contribution in [0.5, 0.6) is 5.75 Å². The number of nitrogens with one attached hydrogen (secondary N) is 1. The van der Waals surface area contributed by atoms with Gasteiger partial charge in [-0.2, -0.15) is 5.26 Å². The van der Waals surface area contributed by atoms with E-state index < -0.39 is 17.7 Å². The fraction of sp³-hybridized carbons (Fsp3) is 0.364. The molecule has 2 aromatic carbocycles. The first kappa shape index (κ1) is 19.7. The van der Waals surface area contributed by atoms with Crippen LogP contribution in [0.25, 0.3) is 0 Å². The standard InChI is InChI=1S/C22H25N3O3/c1-4-24-19(26)14-25(16-8-6-5-7-9-16)20-17-12-15(13-23)10-11-18(17)28-22(2,3)21(20)27/h5-12,20-21,27H,4,14H2,1-3H3,(H,24,26). The number of anilines is 1. The molecule has 0 aromatic heterocycles. The van der Waals surface area contributed by atoms with E-state index in [0.29, 0.717) is 23.4 Å². The summed E-state index contributed by atoms with van der Waals surface area (Å²) >= 11 is 0. The highest BCUT2D eigenvalue weighted by Gasteiger charge is 2.46. The van der Waals surface area contributed by atoms with Crippen LogP contribution in [0, 0.1) is 11.3 Å². The summed E-state index contributed by atoms with van der Waals surface area (Å²) in [6.45, 7) is 6.11. The highest BCUT2D eigenvalue weighted by molar-refractivity contribution is 5.81. The molecule has 0 fully saturated rings. The number of aliphatic hydroxyl groups excluding tert-OH is 1. The van der Waals surface area contributed by atoms with Crippen LogP contribution in [0.4, 0.5) is 5.69 Å². The second-order valence-electron chi connectivity index (χ2n) is 7.38. The Hall–Kier alpha value is -3.04. The third-order valence-electron chi connectivity index (χ3n) is 4.95. The van der Waals surface area contributed by atoms with Crippen molar-refractivity contribution in [2.75, 3.05) is 18.0 Å². The molecule has 1 aliphatic rings. The van der Waals surface area contributed by atoms with Crippen molar-refractivity contribution < 1.29 is 14.6 Å². The van der Waals surface area contributed by atoms with E-state index in [9.17, 15) is 15.2 Å². The van der Waals surface area contributed by atoms with Crippen molar-refractivity contribution in [1.29, 1.82) is 5.26 Å². The van der Waals surface area contributed by atoms with Crippen LogP contribution < -0.4 is 15.0 Å². The first-order chi connectivity index (χ1) is 13.4. The van der Waals surface area contributed by atoms with Gasteiger partial charge in [-0.15, -0.1) is 0 Å². The molecule has 0 radical (unpaired) electrons.